The molecule has 2 aromatic rings. The van der Waals surface area contributed by atoms with Crippen LogP contribution in [0.4, 0.5) is 4.79 Å². The van der Waals surface area contributed by atoms with Gasteiger partial charge in [0.2, 0.25) is 11.8 Å². The van der Waals surface area contributed by atoms with E-state index >= 15 is 0 Å². The van der Waals surface area contributed by atoms with Crippen LogP contribution >= 0.6 is 0 Å². The Morgan fingerprint density at radius 2 is 1.65 bits per heavy atom. The van der Waals surface area contributed by atoms with Gasteiger partial charge in [0.25, 0.3) is 11.8 Å². The van der Waals surface area contributed by atoms with E-state index in [1.165, 1.54) is 27.6 Å². The summed E-state index contributed by atoms with van der Waals surface area (Å²) in [5.74, 6) is -4.28. The number of nitrogens with zero attached hydrogens (tertiary/aromatic N) is 5. The lowest BCUT2D eigenvalue weighted by Crippen LogP contribution is -2.56. The monoisotopic (exact) mass is 602 g/mol. The third-order valence-electron chi connectivity index (χ3n) is 6.42. The summed E-state index contributed by atoms with van der Waals surface area (Å²) >= 11 is 0. The molecule has 0 bridgehead atoms. The van der Waals surface area contributed by atoms with Gasteiger partial charge in [-0.2, -0.15) is 5.10 Å². The van der Waals surface area contributed by atoms with Crippen molar-refractivity contribution in [2.24, 2.45) is 0 Å². The van der Waals surface area contributed by atoms with Crippen molar-refractivity contribution >= 4 is 35.8 Å². The highest BCUT2D eigenvalue weighted by Crippen LogP contribution is 2.20. The van der Waals surface area contributed by atoms with E-state index in [9.17, 15) is 33.9 Å². The number of carboxylic acid groups (broad SMARTS) is 2. The standard InChI is InChI=1S/C27H34N6O10/c1-3-42-27(41)32-13-11-31(12-14-32)26(40)19(9-10-23(35)36)28-25(39)20-15-22(33(29-20)18-7-5-4-6-8-18)43-17-21(34)30(2)16-24(37)38/h4-8,15,19H,3,9-14,16-17H2,1-2H3,(H,28,39)(H,35,36)(H,37,38). The molecular formula is C27H34N6O10. The summed E-state index contributed by atoms with van der Waals surface area (Å²) in [5, 5.41) is 25.0. The van der Waals surface area contributed by atoms with Gasteiger partial charge < -0.3 is 39.7 Å². The third-order valence-corrected chi connectivity index (χ3v) is 6.42. The van der Waals surface area contributed by atoms with Crippen LogP contribution in [0.25, 0.3) is 5.69 Å². The Balaban J connectivity index is 1.77. The number of benzene rings is 1. The molecule has 43 heavy (non-hydrogen) atoms. The minimum Gasteiger partial charge on any atom is -0.481 e. The van der Waals surface area contributed by atoms with E-state index in [1.807, 2.05) is 0 Å². The van der Waals surface area contributed by atoms with Gasteiger partial charge in [-0.05, 0) is 25.5 Å². The van der Waals surface area contributed by atoms with Crippen LogP contribution in [0, 0.1) is 0 Å². The number of aromatic nitrogens is 2. The Morgan fingerprint density at radius 3 is 2.26 bits per heavy atom. The van der Waals surface area contributed by atoms with Crippen molar-refractivity contribution < 1.29 is 48.5 Å². The predicted molar refractivity (Wildman–Crippen MR) is 148 cm³/mol. The molecule has 0 aliphatic carbocycles. The van der Waals surface area contributed by atoms with E-state index < -0.39 is 61.4 Å². The van der Waals surface area contributed by atoms with Crippen molar-refractivity contribution in [2.75, 3.05) is 53.0 Å². The fourth-order valence-corrected chi connectivity index (χ4v) is 4.17. The number of nitrogens with one attached hydrogen (secondary N) is 1. The molecule has 1 unspecified atom stereocenters. The van der Waals surface area contributed by atoms with Crippen LogP contribution in [0.3, 0.4) is 0 Å². The first-order valence-electron chi connectivity index (χ1n) is 13.5. The normalized spacial score (nSPS) is 13.5. The summed E-state index contributed by atoms with van der Waals surface area (Å²) in [6, 6.07) is 8.60. The molecule has 3 rings (SSSR count). The molecule has 16 heteroatoms. The maximum absolute atomic E-state index is 13.3. The number of rotatable bonds is 13. The van der Waals surface area contributed by atoms with Crippen LogP contribution in [0.15, 0.2) is 36.4 Å². The van der Waals surface area contributed by atoms with E-state index in [0.29, 0.717) is 5.69 Å². The van der Waals surface area contributed by atoms with Gasteiger partial charge in [0.1, 0.15) is 12.6 Å². The molecule has 0 saturated carbocycles. The number of carboxylic acids is 2. The zero-order valence-electron chi connectivity index (χ0n) is 23.8. The molecule has 1 aliphatic heterocycles. The Kier molecular flexibility index (Phi) is 11.4. The van der Waals surface area contributed by atoms with Crippen molar-refractivity contribution in [3.05, 3.63) is 42.1 Å². The zero-order chi connectivity index (χ0) is 31.5. The molecule has 232 valence electrons. The molecule has 0 spiro atoms. The highest BCUT2D eigenvalue weighted by molar-refractivity contribution is 5.96. The van der Waals surface area contributed by atoms with Gasteiger partial charge >= 0.3 is 18.0 Å². The molecular weight excluding hydrogens is 568 g/mol. The van der Waals surface area contributed by atoms with Crippen molar-refractivity contribution in [1.82, 2.24) is 29.8 Å². The molecule has 2 heterocycles. The largest absolute Gasteiger partial charge is 0.481 e. The van der Waals surface area contributed by atoms with Crippen molar-refractivity contribution in [3.63, 3.8) is 0 Å². The quantitative estimate of drug-likeness (QED) is 0.280. The molecule has 0 radical (unpaired) electrons. The maximum atomic E-state index is 13.3. The number of carbonyl (C=O) groups excluding carboxylic acids is 4. The van der Waals surface area contributed by atoms with Gasteiger partial charge in [-0.15, -0.1) is 0 Å². The molecule has 3 N–H and O–H groups in total. The van der Waals surface area contributed by atoms with Crippen molar-refractivity contribution in [3.8, 4) is 11.6 Å². The highest BCUT2D eigenvalue weighted by Gasteiger charge is 2.31. The molecule has 1 aromatic carbocycles. The second kappa shape index (κ2) is 15.2. The van der Waals surface area contributed by atoms with Gasteiger partial charge in [-0.3, -0.25) is 24.0 Å². The topological polar surface area (TPSA) is 201 Å². The summed E-state index contributed by atoms with van der Waals surface area (Å²) in [7, 11) is 1.30. The van der Waals surface area contributed by atoms with E-state index in [2.05, 4.69) is 10.4 Å². The fraction of sp³-hybridized carbons (Fsp3) is 0.444. The first-order chi connectivity index (χ1) is 20.5. The minimum absolute atomic E-state index is 0.00285. The molecule has 1 fully saturated rings. The maximum Gasteiger partial charge on any atom is 0.409 e. The molecule has 1 aliphatic rings. The number of aliphatic carboxylic acids is 2. The Labute approximate surface area is 246 Å². The van der Waals surface area contributed by atoms with Gasteiger partial charge in [0, 0.05) is 45.7 Å². The SMILES string of the molecule is CCOC(=O)N1CCN(C(=O)C(CCC(=O)O)NC(=O)c2cc(OCC(=O)N(C)CC(=O)O)n(-c3ccccc3)n2)CC1. The van der Waals surface area contributed by atoms with Gasteiger partial charge in [-0.1, -0.05) is 18.2 Å². The van der Waals surface area contributed by atoms with Crippen LogP contribution < -0.4 is 10.1 Å². The number of amides is 4. The van der Waals surface area contributed by atoms with Crippen molar-refractivity contribution in [1.29, 1.82) is 0 Å². The first kappa shape index (κ1) is 32.4. The second-order valence-electron chi connectivity index (χ2n) is 9.52. The summed E-state index contributed by atoms with van der Waals surface area (Å²) in [6.07, 6.45) is -1.07. The average Bonchev–Trinajstić information content (AvgIpc) is 3.42. The Hall–Kier alpha value is -5.15. The van der Waals surface area contributed by atoms with Gasteiger partial charge in [0.05, 0.1) is 12.3 Å². The van der Waals surface area contributed by atoms with Gasteiger partial charge in [0.15, 0.2) is 12.3 Å². The second-order valence-corrected chi connectivity index (χ2v) is 9.52. The van der Waals surface area contributed by atoms with Crippen molar-refractivity contribution in [2.45, 2.75) is 25.8 Å². The zero-order valence-corrected chi connectivity index (χ0v) is 23.8. The van der Waals surface area contributed by atoms with E-state index in [-0.39, 0.29) is 50.8 Å². The molecule has 4 amide bonds. The van der Waals surface area contributed by atoms with E-state index in [1.54, 1.807) is 37.3 Å². The Morgan fingerprint density at radius 1 is 1.00 bits per heavy atom. The average molecular weight is 603 g/mol. The number of para-hydroxylation sites is 1. The summed E-state index contributed by atoms with van der Waals surface area (Å²) in [5.41, 5.74) is 0.311. The van der Waals surface area contributed by atoms with Crippen LogP contribution in [0.1, 0.15) is 30.3 Å². The van der Waals surface area contributed by atoms with Gasteiger partial charge in [-0.25, -0.2) is 9.48 Å². The molecule has 1 saturated heterocycles. The Bertz CT molecular complexity index is 1320. The number of ether oxygens (including phenoxy) is 2. The number of piperazine rings is 1. The first-order valence-corrected chi connectivity index (χ1v) is 13.5. The van der Waals surface area contributed by atoms with E-state index in [0.717, 1.165) is 4.90 Å². The molecule has 1 atom stereocenters. The van der Waals surface area contributed by atoms with Crippen LogP contribution in [-0.2, 0) is 23.9 Å². The number of carbonyl (C=O) groups is 6. The molecule has 16 nitrogen and oxygen atoms in total. The van der Waals surface area contributed by atoms with Crippen LogP contribution in [0.2, 0.25) is 0 Å². The number of likely N-dealkylation sites (N-methyl/N-ethyl adjacent to an activating group) is 1. The third kappa shape index (κ3) is 9.17. The van der Waals surface area contributed by atoms with E-state index in [4.69, 9.17) is 14.6 Å². The highest BCUT2D eigenvalue weighted by atomic mass is 16.6. The smallest absolute Gasteiger partial charge is 0.409 e. The van der Waals surface area contributed by atoms with Crippen LogP contribution in [0.5, 0.6) is 5.88 Å². The fourth-order valence-electron chi connectivity index (χ4n) is 4.17. The minimum atomic E-state index is -1.20. The number of hydrogen-bond acceptors (Lipinski definition) is 9. The summed E-state index contributed by atoms with van der Waals surface area (Å²) in [6.45, 7) is 1.60. The predicted octanol–water partition coefficient (Wildman–Crippen LogP) is 0.0580. The summed E-state index contributed by atoms with van der Waals surface area (Å²) in [4.78, 5) is 77.0. The summed E-state index contributed by atoms with van der Waals surface area (Å²) < 4.78 is 11.9. The lowest BCUT2D eigenvalue weighted by atomic mass is 10.1. The lowest BCUT2D eigenvalue weighted by Gasteiger charge is -2.35. The lowest BCUT2D eigenvalue weighted by molar-refractivity contribution is -0.144. The van der Waals surface area contributed by atoms with Crippen LogP contribution in [-0.4, -0.2) is 129 Å². The molecule has 1 aromatic heterocycles. The number of hydrogen-bond donors (Lipinski definition) is 3.